The zero-order valence-electron chi connectivity index (χ0n) is 11.2. The number of carbonyl (C=O) groups excluding carboxylic acids is 1. The number of hydrogen-bond acceptors (Lipinski definition) is 2. The van der Waals surface area contributed by atoms with E-state index in [9.17, 15) is 27.9 Å². The summed E-state index contributed by atoms with van der Waals surface area (Å²) in [5, 5.41) is 9.50. The third kappa shape index (κ3) is 2.62. The monoisotopic (exact) mass is 293 g/mol. The van der Waals surface area contributed by atoms with Gasteiger partial charge >= 0.3 is 12.1 Å². The Hall–Kier alpha value is -1.27. The number of halogens is 3. The number of carboxylic acids is 1. The molecule has 2 aliphatic rings. The minimum absolute atomic E-state index is 0.119. The minimum atomic E-state index is -4.29. The summed E-state index contributed by atoms with van der Waals surface area (Å²) in [6.07, 6.45) is -3.52. The van der Waals surface area contributed by atoms with Crippen molar-refractivity contribution in [1.29, 1.82) is 0 Å². The highest BCUT2D eigenvalue weighted by molar-refractivity contribution is 5.86. The molecule has 0 aliphatic heterocycles. The lowest BCUT2D eigenvalue weighted by atomic mass is 9.75. The second kappa shape index (κ2) is 4.93. The molecular formula is C13H18F3NO3. The molecule has 2 aliphatic carbocycles. The molecule has 4 nitrogen and oxygen atoms in total. The molecule has 114 valence electrons. The van der Waals surface area contributed by atoms with Crippen molar-refractivity contribution < 1.29 is 27.9 Å². The number of alkyl halides is 3. The van der Waals surface area contributed by atoms with Crippen LogP contribution in [0.25, 0.3) is 0 Å². The van der Waals surface area contributed by atoms with Gasteiger partial charge in [0.15, 0.2) is 0 Å². The molecule has 2 rings (SSSR count). The second-order valence-electron chi connectivity index (χ2n) is 5.77. The highest BCUT2D eigenvalue weighted by Crippen LogP contribution is 2.46. The molecule has 2 fully saturated rings. The molecule has 0 aromatic carbocycles. The lowest BCUT2D eigenvalue weighted by Gasteiger charge is -2.45. The summed E-state index contributed by atoms with van der Waals surface area (Å²) < 4.78 is 38.1. The molecule has 0 heterocycles. The Bertz CT molecular complexity index is 410. The highest BCUT2D eigenvalue weighted by atomic mass is 19.4. The fourth-order valence-corrected chi connectivity index (χ4v) is 3.22. The maximum atomic E-state index is 12.7. The predicted octanol–water partition coefficient (Wildman–Crippen LogP) is 2.57. The average Bonchev–Trinajstić information content (AvgIpc) is 3.12. The van der Waals surface area contributed by atoms with E-state index in [2.05, 4.69) is 0 Å². The van der Waals surface area contributed by atoms with Crippen molar-refractivity contribution in [2.75, 3.05) is 0 Å². The predicted molar refractivity (Wildman–Crippen MR) is 63.9 cm³/mol. The molecule has 0 aromatic rings. The van der Waals surface area contributed by atoms with Gasteiger partial charge in [-0.15, -0.1) is 0 Å². The molecule has 0 spiro atoms. The Morgan fingerprint density at radius 3 is 1.95 bits per heavy atom. The van der Waals surface area contributed by atoms with Crippen LogP contribution in [0.2, 0.25) is 0 Å². The maximum Gasteiger partial charge on any atom is 0.391 e. The number of carboxylic acid groups (broad SMARTS) is 1. The molecule has 7 heteroatoms. The van der Waals surface area contributed by atoms with Crippen LogP contribution in [0.3, 0.4) is 0 Å². The first-order valence-corrected chi connectivity index (χ1v) is 6.78. The molecule has 0 saturated heterocycles. The van der Waals surface area contributed by atoms with Crippen LogP contribution in [0.1, 0.15) is 45.4 Å². The van der Waals surface area contributed by atoms with Crippen molar-refractivity contribution in [3.8, 4) is 0 Å². The van der Waals surface area contributed by atoms with Gasteiger partial charge in [-0.1, -0.05) is 0 Å². The van der Waals surface area contributed by atoms with E-state index in [1.54, 1.807) is 0 Å². The largest absolute Gasteiger partial charge is 0.479 e. The van der Waals surface area contributed by atoms with E-state index in [-0.39, 0.29) is 37.6 Å². The zero-order chi connectivity index (χ0) is 15.1. The van der Waals surface area contributed by atoms with Gasteiger partial charge in [0, 0.05) is 13.0 Å². The van der Waals surface area contributed by atoms with E-state index in [1.165, 1.54) is 11.8 Å². The molecule has 0 atom stereocenters. The topological polar surface area (TPSA) is 57.6 Å². The first-order chi connectivity index (χ1) is 9.18. The Morgan fingerprint density at radius 2 is 1.65 bits per heavy atom. The molecule has 0 radical (unpaired) electrons. The van der Waals surface area contributed by atoms with Crippen LogP contribution in [-0.2, 0) is 9.59 Å². The van der Waals surface area contributed by atoms with Crippen LogP contribution in [0.4, 0.5) is 13.2 Å². The van der Waals surface area contributed by atoms with Crippen molar-refractivity contribution in [1.82, 2.24) is 4.90 Å². The number of amides is 1. The van der Waals surface area contributed by atoms with Crippen molar-refractivity contribution in [2.24, 2.45) is 5.92 Å². The van der Waals surface area contributed by atoms with Crippen molar-refractivity contribution >= 4 is 11.9 Å². The summed E-state index contributed by atoms with van der Waals surface area (Å²) in [4.78, 5) is 24.7. The first-order valence-electron chi connectivity index (χ1n) is 6.78. The standard InChI is InChI=1S/C13H18F3NO3/c1-8(18)17(10-2-3-10)12(11(19)20)6-4-9(5-7-12)13(14,15)16/h9-10H,2-7H2,1H3,(H,19,20). The van der Waals surface area contributed by atoms with Gasteiger partial charge in [0.1, 0.15) is 5.54 Å². The fourth-order valence-electron chi connectivity index (χ4n) is 3.22. The van der Waals surface area contributed by atoms with Gasteiger partial charge in [-0.3, -0.25) is 4.79 Å². The lowest BCUT2D eigenvalue weighted by molar-refractivity contribution is -0.194. The second-order valence-corrected chi connectivity index (χ2v) is 5.77. The maximum absolute atomic E-state index is 12.7. The van der Waals surface area contributed by atoms with Crippen molar-refractivity contribution in [2.45, 2.75) is 63.2 Å². The van der Waals surface area contributed by atoms with Gasteiger partial charge in [-0.05, 0) is 38.5 Å². The van der Waals surface area contributed by atoms with Gasteiger partial charge in [0.05, 0.1) is 5.92 Å². The van der Waals surface area contributed by atoms with E-state index in [4.69, 9.17) is 0 Å². The highest BCUT2D eigenvalue weighted by Gasteiger charge is 2.55. The average molecular weight is 293 g/mol. The summed E-state index contributed by atoms with van der Waals surface area (Å²) in [6, 6.07) is -0.119. The molecular weight excluding hydrogens is 275 g/mol. The number of hydrogen-bond donors (Lipinski definition) is 1. The van der Waals surface area contributed by atoms with Crippen LogP contribution in [-0.4, -0.2) is 39.6 Å². The normalized spacial score (nSPS) is 30.9. The summed E-state index contributed by atoms with van der Waals surface area (Å²) in [6.45, 7) is 1.29. The molecule has 0 unspecified atom stereocenters. The van der Waals surface area contributed by atoms with E-state index >= 15 is 0 Å². The smallest absolute Gasteiger partial charge is 0.391 e. The fraction of sp³-hybridized carbons (Fsp3) is 0.846. The summed E-state index contributed by atoms with van der Waals surface area (Å²) in [5.74, 6) is -3.00. The van der Waals surface area contributed by atoms with E-state index < -0.39 is 23.6 Å². The Kier molecular flexibility index (Phi) is 3.73. The molecule has 1 amide bonds. The van der Waals surface area contributed by atoms with Crippen LogP contribution < -0.4 is 0 Å². The molecule has 2 saturated carbocycles. The van der Waals surface area contributed by atoms with Crippen LogP contribution in [0, 0.1) is 5.92 Å². The molecule has 1 N–H and O–H groups in total. The molecule has 0 aromatic heterocycles. The van der Waals surface area contributed by atoms with Gasteiger partial charge in [0.2, 0.25) is 5.91 Å². The van der Waals surface area contributed by atoms with Crippen LogP contribution >= 0.6 is 0 Å². The first kappa shape index (κ1) is 15.1. The van der Waals surface area contributed by atoms with Crippen LogP contribution in [0.5, 0.6) is 0 Å². The lowest BCUT2D eigenvalue weighted by Crippen LogP contribution is -2.59. The number of rotatable bonds is 3. The van der Waals surface area contributed by atoms with Gasteiger partial charge in [-0.25, -0.2) is 4.79 Å². The molecule has 0 bridgehead atoms. The van der Waals surface area contributed by atoms with E-state index in [1.807, 2.05) is 0 Å². The molecule has 20 heavy (non-hydrogen) atoms. The number of carbonyl (C=O) groups is 2. The van der Waals surface area contributed by atoms with Gasteiger partial charge in [0.25, 0.3) is 0 Å². The number of aliphatic carboxylic acids is 1. The third-order valence-corrected chi connectivity index (χ3v) is 4.39. The van der Waals surface area contributed by atoms with Crippen LogP contribution in [0.15, 0.2) is 0 Å². The Labute approximate surface area is 114 Å². The third-order valence-electron chi connectivity index (χ3n) is 4.39. The Morgan fingerprint density at radius 1 is 1.15 bits per heavy atom. The Balaban J connectivity index is 2.21. The minimum Gasteiger partial charge on any atom is -0.479 e. The number of nitrogens with zero attached hydrogens (tertiary/aromatic N) is 1. The van der Waals surface area contributed by atoms with Gasteiger partial charge < -0.3 is 10.0 Å². The van der Waals surface area contributed by atoms with E-state index in [0.717, 1.165) is 12.8 Å². The summed E-state index contributed by atoms with van der Waals surface area (Å²) in [7, 11) is 0. The summed E-state index contributed by atoms with van der Waals surface area (Å²) in [5.41, 5.74) is -1.45. The SMILES string of the molecule is CC(=O)N(C1CC1)C1(C(=O)O)CCC(C(F)(F)F)CC1. The zero-order valence-corrected chi connectivity index (χ0v) is 11.2. The van der Waals surface area contributed by atoms with E-state index in [0.29, 0.717) is 0 Å². The quantitative estimate of drug-likeness (QED) is 0.870. The summed E-state index contributed by atoms with van der Waals surface area (Å²) >= 11 is 0. The van der Waals surface area contributed by atoms with Crippen molar-refractivity contribution in [3.05, 3.63) is 0 Å². The van der Waals surface area contributed by atoms with Crippen molar-refractivity contribution in [3.63, 3.8) is 0 Å². The van der Waals surface area contributed by atoms with Gasteiger partial charge in [-0.2, -0.15) is 13.2 Å².